The van der Waals surface area contributed by atoms with Crippen LogP contribution in [0.3, 0.4) is 0 Å². The highest BCUT2D eigenvalue weighted by Gasteiger charge is 2.47. The smallest absolute Gasteiger partial charge is 0.329 e. The lowest BCUT2D eigenvalue weighted by Crippen LogP contribution is -2.42. The van der Waals surface area contributed by atoms with E-state index < -0.39 is 6.04 Å². The lowest BCUT2D eigenvalue weighted by Gasteiger charge is -2.32. The van der Waals surface area contributed by atoms with Crippen molar-refractivity contribution < 1.29 is 23.8 Å². The predicted octanol–water partition coefficient (Wildman–Crippen LogP) is 4.15. The molecule has 0 aromatic heterocycles. The highest BCUT2D eigenvalue weighted by atomic mass is 16.5. The second-order valence-electron chi connectivity index (χ2n) is 7.23. The molecule has 3 rings (SSSR count). The van der Waals surface area contributed by atoms with Gasteiger partial charge in [-0.15, -0.1) is 0 Å². The minimum atomic E-state index is -0.576. The first-order chi connectivity index (χ1) is 14.6. The highest BCUT2D eigenvalue weighted by Crippen LogP contribution is 2.45. The second-order valence-corrected chi connectivity index (χ2v) is 7.23. The Morgan fingerprint density at radius 3 is 2.23 bits per heavy atom. The van der Waals surface area contributed by atoms with E-state index in [2.05, 4.69) is 17.0 Å². The molecule has 2 aromatic rings. The summed E-state index contributed by atoms with van der Waals surface area (Å²) in [5.41, 5.74) is 1.98. The lowest BCUT2D eigenvalue weighted by atomic mass is 9.93. The number of esters is 2. The third-order valence-corrected chi connectivity index (χ3v) is 5.43. The number of nitrogens with zero attached hydrogens (tertiary/aromatic N) is 1. The molecule has 2 aromatic carbocycles. The number of hydrogen-bond acceptors (Lipinski definition) is 6. The number of carbonyl (C=O) groups is 2. The van der Waals surface area contributed by atoms with Crippen LogP contribution in [-0.2, 0) is 19.1 Å². The van der Waals surface area contributed by atoms with Gasteiger partial charge < -0.3 is 19.1 Å². The average molecular weight is 411 g/mol. The minimum absolute atomic E-state index is 0.0616. The summed E-state index contributed by atoms with van der Waals surface area (Å²) in [5.74, 6) is -0.0818. The molecule has 0 N–H and O–H groups in total. The number of carbonyl (C=O) groups excluding carboxylic acids is 2. The third-order valence-electron chi connectivity index (χ3n) is 5.43. The first-order valence-corrected chi connectivity index (χ1v) is 10.4. The van der Waals surface area contributed by atoms with Crippen molar-refractivity contribution in [2.75, 3.05) is 25.2 Å². The Kier molecular flexibility index (Phi) is 7.33. The molecule has 0 bridgehead atoms. The number of anilines is 1. The molecule has 3 atom stereocenters. The maximum atomic E-state index is 13.0. The van der Waals surface area contributed by atoms with Gasteiger partial charge in [0, 0.05) is 11.6 Å². The van der Waals surface area contributed by atoms with E-state index in [4.69, 9.17) is 14.2 Å². The van der Waals surface area contributed by atoms with Crippen molar-refractivity contribution >= 4 is 17.6 Å². The Bertz CT molecular complexity index is 836. The molecule has 1 aliphatic heterocycles. The molecule has 1 fully saturated rings. The summed E-state index contributed by atoms with van der Waals surface area (Å²) < 4.78 is 15.9. The topological polar surface area (TPSA) is 65.1 Å². The van der Waals surface area contributed by atoms with Crippen LogP contribution in [0, 0.1) is 5.92 Å². The fourth-order valence-corrected chi connectivity index (χ4v) is 4.18. The molecule has 0 unspecified atom stereocenters. The van der Waals surface area contributed by atoms with E-state index in [1.54, 1.807) is 21.0 Å². The fourth-order valence-electron chi connectivity index (χ4n) is 4.18. The van der Waals surface area contributed by atoms with Crippen molar-refractivity contribution in [3.8, 4) is 5.75 Å². The van der Waals surface area contributed by atoms with Crippen molar-refractivity contribution in [2.45, 2.75) is 38.8 Å². The second kappa shape index (κ2) is 10.1. The highest BCUT2D eigenvalue weighted by molar-refractivity contribution is 5.83. The molecule has 0 aliphatic carbocycles. The minimum Gasteiger partial charge on any atom is -0.497 e. The fraction of sp³-hybridized carbons (Fsp3) is 0.417. The first kappa shape index (κ1) is 21.7. The van der Waals surface area contributed by atoms with Gasteiger partial charge in [-0.25, -0.2) is 4.79 Å². The molecule has 0 spiro atoms. The van der Waals surface area contributed by atoms with Gasteiger partial charge in [-0.1, -0.05) is 30.3 Å². The number of benzene rings is 2. The number of hydrogen-bond donors (Lipinski definition) is 0. The number of rotatable bonds is 8. The first-order valence-electron chi connectivity index (χ1n) is 10.4. The summed E-state index contributed by atoms with van der Waals surface area (Å²) in [4.78, 5) is 27.4. The number of ether oxygens (including phenoxy) is 3. The molecule has 6 nitrogen and oxygen atoms in total. The predicted molar refractivity (Wildman–Crippen MR) is 114 cm³/mol. The Balaban J connectivity index is 2.03. The van der Waals surface area contributed by atoms with E-state index in [1.807, 2.05) is 42.5 Å². The monoisotopic (exact) mass is 411 g/mol. The third kappa shape index (κ3) is 4.75. The molecule has 0 saturated carbocycles. The maximum absolute atomic E-state index is 13.0. The lowest BCUT2D eigenvalue weighted by molar-refractivity contribution is -0.147. The van der Waals surface area contributed by atoms with E-state index >= 15 is 0 Å². The van der Waals surface area contributed by atoms with E-state index in [0.29, 0.717) is 13.0 Å². The molecule has 6 heteroatoms. The molecular weight excluding hydrogens is 382 g/mol. The van der Waals surface area contributed by atoms with Crippen molar-refractivity contribution in [3.63, 3.8) is 0 Å². The zero-order chi connectivity index (χ0) is 21.5. The van der Waals surface area contributed by atoms with Crippen molar-refractivity contribution in [1.29, 1.82) is 0 Å². The van der Waals surface area contributed by atoms with E-state index in [9.17, 15) is 9.59 Å². The van der Waals surface area contributed by atoms with Crippen molar-refractivity contribution in [2.24, 2.45) is 5.92 Å². The van der Waals surface area contributed by atoms with E-state index in [0.717, 1.165) is 17.0 Å². The van der Waals surface area contributed by atoms with Gasteiger partial charge in [0.2, 0.25) is 0 Å². The van der Waals surface area contributed by atoms with Crippen LogP contribution in [-0.4, -0.2) is 38.3 Å². The van der Waals surface area contributed by atoms with E-state index in [1.165, 1.54) is 0 Å². The summed E-state index contributed by atoms with van der Waals surface area (Å²) in [6, 6.07) is 17.0. The Morgan fingerprint density at radius 1 is 0.967 bits per heavy atom. The van der Waals surface area contributed by atoms with Gasteiger partial charge in [-0.05, 0) is 50.1 Å². The summed E-state index contributed by atoms with van der Waals surface area (Å²) >= 11 is 0. The largest absolute Gasteiger partial charge is 0.497 e. The van der Waals surface area contributed by atoms with Crippen LogP contribution in [0.4, 0.5) is 5.69 Å². The Labute approximate surface area is 177 Å². The molecular formula is C24H29NO5. The van der Waals surface area contributed by atoms with Crippen LogP contribution in [0.5, 0.6) is 5.75 Å². The van der Waals surface area contributed by atoms with E-state index in [-0.39, 0.29) is 36.9 Å². The Morgan fingerprint density at radius 2 is 1.63 bits per heavy atom. The molecule has 0 radical (unpaired) electrons. The van der Waals surface area contributed by atoms with Crippen LogP contribution in [0.1, 0.15) is 38.3 Å². The van der Waals surface area contributed by atoms with Gasteiger partial charge in [-0.2, -0.15) is 0 Å². The van der Waals surface area contributed by atoms with Gasteiger partial charge in [0.05, 0.1) is 32.8 Å². The summed E-state index contributed by atoms with van der Waals surface area (Å²) in [6.45, 7) is 4.18. The molecule has 30 heavy (non-hydrogen) atoms. The normalized spacial score (nSPS) is 20.6. The van der Waals surface area contributed by atoms with Gasteiger partial charge >= 0.3 is 11.9 Å². The van der Waals surface area contributed by atoms with Gasteiger partial charge in [0.15, 0.2) is 0 Å². The van der Waals surface area contributed by atoms with Gasteiger partial charge in [-0.3, -0.25) is 4.79 Å². The summed E-state index contributed by atoms with van der Waals surface area (Å²) in [5, 5.41) is 0. The van der Waals surface area contributed by atoms with Crippen LogP contribution in [0.15, 0.2) is 54.6 Å². The standard InChI is InChI=1S/C24H29NO5/c1-4-29-22(26)16-18-15-21(17-9-7-6-8-10-17)25(23(18)24(27)30-5-2)19-11-13-20(28-3)14-12-19/h6-14,18,21,23H,4-5,15-16H2,1-3H3/t18-,21-,23-/m0/s1. The number of methoxy groups -OCH3 is 1. The maximum Gasteiger partial charge on any atom is 0.329 e. The van der Waals surface area contributed by atoms with Crippen LogP contribution >= 0.6 is 0 Å². The SMILES string of the molecule is CCOC(=O)C[C@@H]1C[C@@H](c2ccccc2)N(c2ccc(OC)cc2)[C@@H]1C(=O)OCC. The molecule has 1 heterocycles. The van der Waals surface area contributed by atoms with Gasteiger partial charge in [0.1, 0.15) is 11.8 Å². The Hall–Kier alpha value is -3.02. The molecule has 0 amide bonds. The molecule has 1 saturated heterocycles. The van der Waals surface area contributed by atoms with Crippen LogP contribution in [0.2, 0.25) is 0 Å². The van der Waals surface area contributed by atoms with Gasteiger partial charge in [0.25, 0.3) is 0 Å². The van der Waals surface area contributed by atoms with Crippen molar-refractivity contribution in [3.05, 3.63) is 60.2 Å². The average Bonchev–Trinajstić information content (AvgIpc) is 3.13. The van der Waals surface area contributed by atoms with Crippen LogP contribution in [0.25, 0.3) is 0 Å². The zero-order valence-electron chi connectivity index (χ0n) is 17.7. The summed E-state index contributed by atoms with van der Waals surface area (Å²) in [6.07, 6.45) is 0.825. The zero-order valence-corrected chi connectivity index (χ0v) is 17.7. The summed E-state index contributed by atoms with van der Waals surface area (Å²) in [7, 11) is 1.62. The van der Waals surface area contributed by atoms with Crippen LogP contribution < -0.4 is 9.64 Å². The quantitative estimate of drug-likeness (QED) is 0.608. The molecule has 1 aliphatic rings. The van der Waals surface area contributed by atoms with Crippen molar-refractivity contribution in [1.82, 2.24) is 0 Å². The molecule has 160 valence electrons.